The Morgan fingerprint density at radius 1 is 0.938 bits per heavy atom. The molecule has 17 nitrogen and oxygen atoms in total. The van der Waals surface area contributed by atoms with Gasteiger partial charge in [-0.15, -0.1) is 16.4 Å². The summed E-state index contributed by atoms with van der Waals surface area (Å²) in [6.07, 6.45) is 6.88. The van der Waals surface area contributed by atoms with Gasteiger partial charge in [0.1, 0.15) is 37.2 Å². The van der Waals surface area contributed by atoms with Crippen LogP contribution in [0.4, 0.5) is 5.82 Å². The first-order valence-electron chi connectivity index (χ1n) is 21.0. The molecular weight excluding hydrogens is 839 g/mol. The van der Waals surface area contributed by atoms with Crippen molar-refractivity contribution in [1.29, 1.82) is 0 Å². The van der Waals surface area contributed by atoms with Crippen molar-refractivity contribution in [3.05, 3.63) is 100 Å². The third-order valence-electron chi connectivity index (χ3n) is 10.8. The lowest BCUT2D eigenvalue weighted by Gasteiger charge is -2.31. The maximum atomic E-state index is 13.3. The normalized spacial score (nSPS) is 16.6. The molecule has 3 aliphatic rings. The fourth-order valence-electron chi connectivity index (χ4n) is 7.56. The van der Waals surface area contributed by atoms with Crippen LogP contribution in [0, 0.1) is 17.3 Å². The molecule has 18 heteroatoms. The molecule has 3 N–H and O–H groups in total. The van der Waals surface area contributed by atoms with Crippen LogP contribution in [0.25, 0.3) is 10.4 Å². The summed E-state index contributed by atoms with van der Waals surface area (Å²) in [6.45, 7) is 8.07. The summed E-state index contributed by atoms with van der Waals surface area (Å²) in [7, 11) is 0. The highest BCUT2D eigenvalue weighted by molar-refractivity contribution is 7.15. The minimum Gasteiger partial charge on any atom is -0.490 e. The Morgan fingerprint density at radius 3 is 2.55 bits per heavy atom. The molecule has 2 saturated heterocycles. The van der Waals surface area contributed by atoms with Crippen molar-refractivity contribution in [3.63, 3.8) is 0 Å². The molecule has 0 radical (unpaired) electrons. The molecule has 1 atom stereocenters. The number of nitrogen functional groups attached to an aromatic ring is 1. The second-order valence-corrected chi connectivity index (χ2v) is 17.8. The Hall–Kier alpha value is -6.97. The van der Waals surface area contributed by atoms with Crippen LogP contribution in [0.1, 0.15) is 94.9 Å². The van der Waals surface area contributed by atoms with E-state index in [-0.39, 0.29) is 73.3 Å². The number of nitrogens with two attached hydrogens (primary N) is 1. The molecule has 0 spiro atoms. The molecule has 3 aliphatic heterocycles. The maximum absolute atomic E-state index is 13.3. The van der Waals surface area contributed by atoms with E-state index >= 15 is 0 Å². The molecule has 3 aromatic heterocycles. The number of likely N-dealkylation sites (tertiary alicyclic amines) is 1. The number of fused-ring (bicyclic) bond motifs is 1. The smallest absolute Gasteiger partial charge is 0.266 e. The summed E-state index contributed by atoms with van der Waals surface area (Å²) in [5.41, 5.74) is 9.60. The third-order valence-corrected chi connectivity index (χ3v) is 12.0. The van der Waals surface area contributed by atoms with Gasteiger partial charge in [0, 0.05) is 54.4 Å². The van der Waals surface area contributed by atoms with E-state index in [0.717, 1.165) is 44.3 Å². The quantitative estimate of drug-likeness (QED) is 0.0876. The number of anilines is 1. The summed E-state index contributed by atoms with van der Waals surface area (Å²) in [4.78, 5) is 76.5. The highest BCUT2D eigenvalue weighted by Gasteiger charge is 2.46. The minimum absolute atomic E-state index is 0.0292. The first kappa shape index (κ1) is 43.7. The molecule has 1 unspecified atom stereocenters. The Balaban J connectivity index is 0.769. The summed E-state index contributed by atoms with van der Waals surface area (Å²) >= 11 is 1.61. The topological polar surface area (TPSA) is 214 Å². The molecule has 2 fully saturated rings. The molecule has 8 rings (SSSR count). The van der Waals surface area contributed by atoms with Crippen molar-refractivity contribution in [3.8, 4) is 33.8 Å². The molecule has 2 aromatic carbocycles. The zero-order chi connectivity index (χ0) is 45.0. The summed E-state index contributed by atoms with van der Waals surface area (Å²) in [5.74, 6) is 5.26. The Kier molecular flexibility index (Phi) is 12.8. The number of carbonyl (C=O) groups is 5. The number of thiazole rings is 1. The van der Waals surface area contributed by atoms with E-state index in [2.05, 4.69) is 53.2 Å². The van der Waals surface area contributed by atoms with Crippen LogP contribution in [-0.4, -0.2) is 96.6 Å². The van der Waals surface area contributed by atoms with Gasteiger partial charge in [-0.05, 0) is 75.9 Å². The summed E-state index contributed by atoms with van der Waals surface area (Å²) in [5, 5.41) is 11.4. The van der Waals surface area contributed by atoms with Gasteiger partial charge in [0.2, 0.25) is 17.7 Å². The van der Waals surface area contributed by atoms with Gasteiger partial charge >= 0.3 is 0 Å². The molecular formula is C46H47N9O8S. The number of imide groups is 2. The van der Waals surface area contributed by atoms with Gasteiger partial charge in [0.15, 0.2) is 11.6 Å². The minimum atomic E-state index is -1.07. The fraction of sp³-hybridized carbons (Fsp3) is 0.370. The van der Waals surface area contributed by atoms with Crippen LogP contribution in [0.3, 0.4) is 0 Å². The molecule has 6 heterocycles. The van der Waals surface area contributed by atoms with Crippen molar-refractivity contribution in [2.75, 3.05) is 32.0 Å². The highest BCUT2D eigenvalue weighted by atomic mass is 32.1. The van der Waals surface area contributed by atoms with E-state index in [1.807, 2.05) is 41.4 Å². The number of nitrogens with one attached hydrogen (secondary N) is 1. The Morgan fingerprint density at radius 2 is 1.75 bits per heavy atom. The Bertz CT molecular complexity index is 2670. The van der Waals surface area contributed by atoms with E-state index in [1.165, 1.54) is 10.7 Å². The number of pyridine rings is 1. The van der Waals surface area contributed by atoms with Crippen LogP contribution in [-0.2, 0) is 38.9 Å². The van der Waals surface area contributed by atoms with Gasteiger partial charge in [-0.25, -0.2) is 14.6 Å². The molecule has 5 amide bonds. The molecule has 64 heavy (non-hydrogen) atoms. The number of carbonyl (C=O) groups excluding carboxylic acids is 5. The number of aromatic nitrogens is 5. The molecule has 0 saturated carbocycles. The van der Waals surface area contributed by atoms with Crippen molar-refractivity contribution in [1.82, 2.24) is 40.1 Å². The molecule has 0 aliphatic carbocycles. The first-order valence-corrected chi connectivity index (χ1v) is 21.8. The van der Waals surface area contributed by atoms with Crippen LogP contribution in [0.5, 0.6) is 11.5 Å². The van der Waals surface area contributed by atoms with Crippen LogP contribution >= 0.6 is 11.3 Å². The van der Waals surface area contributed by atoms with Gasteiger partial charge in [-0.1, -0.05) is 35.3 Å². The lowest BCUT2D eigenvalue weighted by Crippen LogP contribution is -2.54. The van der Waals surface area contributed by atoms with Crippen molar-refractivity contribution < 1.29 is 38.2 Å². The molecule has 0 bridgehead atoms. The monoisotopic (exact) mass is 885 g/mol. The molecule has 330 valence electrons. The number of rotatable bonds is 14. The summed E-state index contributed by atoms with van der Waals surface area (Å²) < 4.78 is 19.1. The number of piperidine rings is 2. The second-order valence-electron chi connectivity index (χ2n) is 16.7. The number of hydrogen-bond acceptors (Lipinski definition) is 14. The first-order chi connectivity index (χ1) is 30.8. The average Bonchev–Trinajstić information content (AvgIpc) is 4.01. The number of nitrogens with zero attached hydrogens (tertiary/aromatic N) is 7. The third kappa shape index (κ3) is 10.1. The number of benzene rings is 2. The van der Waals surface area contributed by atoms with Crippen molar-refractivity contribution in [2.45, 2.75) is 78.2 Å². The largest absolute Gasteiger partial charge is 0.490 e. The second kappa shape index (κ2) is 18.8. The lowest BCUT2D eigenvalue weighted by atomic mass is 9.97. The number of amides is 5. The van der Waals surface area contributed by atoms with E-state index in [9.17, 15) is 24.0 Å². The standard InChI is InChI=1S/C46H47N9O8S/c1-46(2,3)15-12-28-6-4-7-29(20-28)26-63-36-21-31(22-48-41(36)47)37-23-49-43(64-37)30-13-16-53(17-14-30)39(57)25-54-24-32(51-52-54)27-61-18-19-62-35-9-5-8-33-40(35)45(60)55(44(33)59)34-10-11-38(56)50-42(34)58/h4-9,20-24,30,34H,10-11,13-14,16-19,25-27H2,1-3H3,(H2,47,48)(H,50,56,58). The van der Waals surface area contributed by atoms with Gasteiger partial charge in [0.05, 0.1) is 40.4 Å². The van der Waals surface area contributed by atoms with Gasteiger partial charge in [0.25, 0.3) is 11.8 Å². The fourth-order valence-corrected chi connectivity index (χ4v) is 8.63. The van der Waals surface area contributed by atoms with E-state index in [0.29, 0.717) is 37.0 Å². The predicted octanol–water partition coefficient (Wildman–Crippen LogP) is 4.76. The van der Waals surface area contributed by atoms with Gasteiger partial charge in [-0.2, -0.15) is 0 Å². The zero-order valence-corrected chi connectivity index (χ0v) is 36.5. The van der Waals surface area contributed by atoms with Gasteiger partial charge < -0.3 is 24.8 Å². The predicted molar refractivity (Wildman–Crippen MR) is 234 cm³/mol. The van der Waals surface area contributed by atoms with E-state index < -0.39 is 29.7 Å². The lowest BCUT2D eigenvalue weighted by molar-refractivity contribution is -0.136. The summed E-state index contributed by atoms with van der Waals surface area (Å²) in [6, 6.07) is 13.4. The SMILES string of the molecule is CC(C)(C)C#Cc1cccc(COc2cc(-c3cnc(C4CCN(C(=O)Cn5cc(COCCOc6cccc7c6C(=O)N(C6CCC(=O)NC6=O)C7=O)nn5)CC4)s3)cnc2N)c1. The maximum Gasteiger partial charge on any atom is 0.266 e. The Labute approximate surface area is 373 Å². The van der Waals surface area contributed by atoms with Crippen LogP contribution in [0.2, 0.25) is 0 Å². The van der Waals surface area contributed by atoms with Crippen LogP contribution < -0.4 is 20.5 Å². The van der Waals surface area contributed by atoms with E-state index in [1.54, 1.807) is 35.9 Å². The zero-order valence-electron chi connectivity index (χ0n) is 35.7. The van der Waals surface area contributed by atoms with Gasteiger partial charge in [-0.3, -0.25) is 34.2 Å². The molecule has 5 aromatic rings. The number of hydrogen-bond donors (Lipinski definition) is 2. The van der Waals surface area contributed by atoms with Crippen LogP contribution in [0.15, 0.2) is 67.1 Å². The number of ether oxygens (including phenoxy) is 3. The van der Waals surface area contributed by atoms with Crippen molar-refractivity contribution >= 4 is 46.7 Å². The van der Waals surface area contributed by atoms with E-state index in [4.69, 9.17) is 24.9 Å². The average molecular weight is 886 g/mol. The highest BCUT2D eigenvalue weighted by Crippen LogP contribution is 2.37. The van der Waals surface area contributed by atoms with Crippen molar-refractivity contribution in [2.24, 2.45) is 5.41 Å².